The second-order valence-corrected chi connectivity index (χ2v) is 5.27. The van der Waals surface area contributed by atoms with Gasteiger partial charge >= 0.3 is 12.0 Å². The van der Waals surface area contributed by atoms with E-state index >= 15 is 0 Å². The van der Waals surface area contributed by atoms with Gasteiger partial charge in [0.2, 0.25) is 0 Å². The number of benzene rings is 1. The molecule has 2 amide bonds. The van der Waals surface area contributed by atoms with Crippen LogP contribution in [0, 0.1) is 5.92 Å². The molecule has 0 aromatic heterocycles. The Labute approximate surface area is 123 Å². The van der Waals surface area contributed by atoms with E-state index in [9.17, 15) is 14.7 Å². The quantitative estimate of drug-likeness (QED) is 0.783. The summed E-state index contributed by atoms with van der Waals surface area (Å²) in [5, 5.41) is 21.0. The first-order valence-corrected chi connectivity index (χ1v) is 7.10. The number of nitrogens with one attached hydrogen (secondary N) is 1. The molecule has 114 valence electrons. The number of phenols is 1. The normalized spacial score (nSPS) is 18.3. The molecule has 6 heteroatoms. The average Bonchev–Trinajstić information content (AvgIpc) is 2.49. The molecule has 1 atom stereocenters. The van der Waals surface area contributed by atoms with Gasteiger partial charge in [-0.3, -0.25) is 4.79 Å². The molecular formula is C15H20N2O4. The van der Waals surface area contributed by atoms with Crippen LogP contribution in [0.1, 0.15) is 18.4 Å². The van der Waals surface area contributed by atoms with Crippen LogP contribution in [0.2, 0.25) is 0 Å². The van der Waals surface area contributed by atoms with Gasteiger partial charge in [0.1, 0.15) is 5.75 Å². The Morgan fingerprint density at radius 1 is 1.29 bits per heavy atom. The number of carbonyl (C=O) groups excluding carboxylic acids is 1. The van der Waals surface area contributed by atoms with Crippen LogP contribution < -0.4 is 5.32 Å². The molecule has 6 nitrogen and oxygen atoms in total. The minimum absolute atomic E-state index is 0.209. The number of urea groups is 1. The van der Waals surface area contributed by atoms with Crippen LogP contribution in [0.4, 0.5) is 4.79 Å². The first-order valence-electron chi connectivity index (χ1n) is 7.10. The number of nitrogens with zero attached hydrogens (tertiary/aromatic N) is 1. The van der Waals surface area contributed by atoms with Crippen LogP contribution in [0.5, 0.6) is 5.75 Å². The van der Waals surface area contributed by atoms with Crippen LogP contribution in [0.25, 0.3) is 0 Å². The van der Waals surface area contributed by atoms with E-state index in [1.807, 2.05) is 12.1 Å². The van der Waals surface area contributed by atoms with Crippen molar-refractivity contribution in [3.63, 3.8) is 0 Å². The summed E-state index contributed by atoms with van der Waals surface area (Å²) in [5.41, 5.74) is 1.02. The fourth-order valence-electron chi connectivity index (χ4n) is 2.45. The van der Waals surface area contributed by atoms with Crippen molar-refractivity contribution in [1.82, 2.24) is 10.2 Å². The molecule has 2 rings (SSSR count). The highest BCUT2D eigenvalue weighted by Crippen LogP contribution is 2.16. The van der Waals surface area contributed by atoms with Gasteiger partial charge in [0.15, 0.2) is 0 Å². The van der Waals surface area contributed by atoms with Gasteiger partial charge in [0, 0.05) is 19.6 Å². The Morgan fingerprint density at radius 2 is 2.00 bits per heavy atom. The summed E-state index contributed by atoms with van der Waals surface area (Å²) in [6, 6.07) is 6.63. The fraction of sp³-hybridized carbons (Fsp3) is 0.467. The van der Waals surface area contributed by atoms with Crippen molar-refractivity contribution in [1.29, 1.82) is 0 Å². The number of hydrogen-bond acceptors (Lipinski definition) is 3. The Hall–Kier alpha value is -2.24. The van der Waals surface area contributed by atoms with E-state index in [1.165, 1.54) is 0 Å². The van der Waals surface area contributed by atoms with Crippen LogP contribution in [-0.4, -0.2) is 46.7 Å². The summed E-state index contributed by atoms with van der Waals surface area (Å²) in [6.45, 7) is 1.37. The van der Waals surface area contributed by atoms with Crippen molar-refractivity contribution < 1.29 is 19.8 Å². The van der Waals surface area contributed by atoms with Gasteiger partial charge in [0.25, 0.3) is 0 Å². The Balaban J connectivity index is 1.76. The molecule has 0 spiro atoms. The van der Waals surface area contributed by atoms with Crippen molar-refractivity contribution in [3.8, 4) is 5.75 Å². The summed E-state index contributed by atoms with van der Waals surface area (Å²) in [7, 11) is 0. The number of carboxylic acids is 1. The minimum Gasteiger partial charge on any atom is -0.508 e. The molecule has 21 heavy (non-hydrogen) atoms. The molecule has 1 aromatic carbocycles. The molecule has 3 N–H and O–H groups in total. The Kier molecular flexibility index (Phi) is 5.03. The third-order valence-electron chi connectivity index (χ3n) is 3.68. The molecule has 1 aliphatic heterocycles. The van der Waals surface area contributed by atoms with Crippen LogP contribution in [0.15, 0.2) is 24.3 Å². The first kappa shape index (κ1) is 15.2. The maximum absolute atomic E-state index is 12.0. The fourth-order valence-corrected chi connectivity index (χ4v) is 2.45. The molecule has 0 saturated carbocycles. The van der Waals surface area contributed by atoms with Gasteiger partial charge in [-0.2, -0.15) is 0 Å². The zero-order valence-corrected chi connectivity index (χ0v) is 11.8. The monoisotopic (exact) mass is 292 g/mol. The second-order valence-electron chi connectivity index (χ2n) is 5.27. The lowest BCUT2D eigenvalue weighted by molar-refractivity contribution is -0.143. The predicted molar refractivity (Wildman–Crippen MR) is 77.1 cm³/mol. The highest BCUT2D eigenvalue weighted by Gasteiger charge is 2.27. The number of hydrogen-bond donors (Lipinski definition) is 3. The number of carboxylic acid groups (broad SMARTS) is 1. The van der Waals surface area contributed by atoms with E-state index in [1.54, 1.807) is 17.0 Å². The van der Waals surface area contributed by atoms with E-state index < -0.39 is 11.9 Å². The third-order valence-corrected chi connectivity index (χ3v) is 3.68. The van der Waals surface area contributed by atoms with Crippen LogP contribution >= 0.6 is 0 Å². The number of phenolic OH excluding ortho intramolecular Hbond substituents is 1. The van der Waals surface area contributed by atoms with Gasteiger partial charge in [-0.1, -0.05) is 12.1 Å². The van der Waals surface area contributed by atoms with Crippen molar-refractivity contribution in [2.45, 2.75) is 19.3 Å². The standard InChI is InChI=1S/C15H20N2O4/c18-13-5-3-11(4-6-13)7-8-16-15(21)17-9-1-2-12(10-17)14(19)20/h3-6,12,18H,1-2,7-10H2,(H,16,21)(H,19,20). The smallest absolute Gasteiger partial charge is 0.317 e. The summed E-state index contributed by atoms with van der Waals surface area (Å²) in [4.78, 5) is 24.5. The van der Waals surface area contributed by atoms with Gasteiger partial charge in [-0.15, -0.1) is 0 Å². The molecule has 0 aliphatic carbocycles. The van der Waals surface area contributed by atoms with E-state index in [4.69, 9.17) is 5.11 Å². The molecular weight excluding hydrogens is 272 g/mol. The van der Waals surface area contributed by atoms with Crippen LogP contribution in [-0.2, 0) is 11.2 Å². The number of rotatable bonds is 4. The van der Waals surface area contributed by atoms with E-state index in [0.717, 1.165) is 12.0 Å². The molecule has 0 radical (unpaired) electrons. The Bertz CT molecular complexity index is 501. The second kappa shape index (κ2) is 6.97. The molecule has 1 heterocycles. The topological polar surface area (TPSA) is 89.9 Å². The maximum Gasteiger partial charge on any atom is 0.317 e. The summed E-state index contributed by atoms with van der Waals surface area (Å²) in [5.74, 6) is -1.07. The van der Waals surface area contributed by atoms with Gasteiger partial charge in [-0.05, 0) is 37.0 Å². The molecule has 1 aliphatic rings. The number of piperidine rings is 1. The number of aliphatic carboxylic acids is 1. The molecule has 0 bridgehead atoms. The SMILES string of the molecule is O=C(O)C1CCCN(C(=O)NCCc2ccc(O)cc2)C1. The number of aromatic hydroxyl groups is 1. The zero-order chi connectivity index (χ0) is 15.2. The largest absolute Gasteiger partial charge is 0.508 e. The van der Waals surface area contributed by atoms with Crippen molar-refractivity contribution >= 4 is 12.0 Å². The number of amides is 2. The summed E-state index contributed by atoms with van der Waals surface area (Å²) >= 11 is 0. The van der Waals surface area contributed by atoms with Gasteiger partial charge in [0.05, 0.1) is 5.92 Å². The van der Waals surface area contributed by atoms with Crippen LogP contribution in [0.3, 0.4) is 0 Å². The van der Waals surface area contributed by atoms with E-state index in [0.29, 0.717) is 25.9 Å². The predicted octanol–water partition coefficient (Wildman–Crippen LogP) is 1.44. The number of likely N-dealkylation sites (tertiary alicyclic amines) is 1. The minimum atomic E-state index is -0.836. The third kappa shape index (κ3) is 4.37. The lowest BCUT2D eigenvalue weighted by Gasteiger charge is -2.30. The molecule has 1 fully saturated rings. The Morgan fingerprint density at radius 3 is 2.67 bits per heavy atom. The highest BCUT2D eigenvalue weighted by molar-refractivity contribution is 5.76. The molecule has 1 unspecified atom stereocenters. The van der Waals surface area contributed by atoms with Crippen molar-refractivity contribution in [3.05, 3.63) is 29.8 Å². The number of carbonyl (C=O) groups is 2. The van der Waals surface area contributed by atoms with Gasteiger partial charge < -0.3 is 20.4 Å². The van der Waals surface area contributed by atoms with Crippen molar-refractivity contribution in [2.24, 2.45) is 5.92 Å². The lowest BCUT2D eigenvalue weighted by atomic mass is 9.99. The first-order chi connectivity index (χ1) is 10.1. The van der Waals surface area contributed by atoms with E-state index in [-0.39, 0.29) is 18.3 Å². The average molecular weight is 292 g/mol. The molecule has 1 saturated heterocycles. The summed E-state index contributed by atoms with van der Waals surface area (Å²) < 4.78 is 0. The summed E-state index contributed by atoms with van der Waals surface area (Å²) in [6.07, 6.45) is 2.02. The van der Waals surface area contributed by atoms with Crippen molar-refractivity contribution in [2.75, 3.05) is 19.6 Å². The van der Waals surface area contributed by atoms with Gasteiger partial charge in [-0.25, -0.2) is 4.79 Å². The lowest BCUT2D eigenvalue weighted by Crippen LogP contribution is -2.47. The highest BCUT2D eigenvalue weighted by atomic mass is 16.4. The zero-order valence-electron chi connectivity index (χ0n) is 11.8. The van der Waals surface area contributed by atoms with E-state index in [2.05, 4.69) is 5.32 Å². The molecule has 1 aromatic rings. The maximum atomic E-state index is 12.0.